The zero-order valence-corrected chi connectivity index (χ0v) is 21.4. The normalized spacial score (nSPS) is 18.7. The molecule has 1 fully saturated rings. The third-order valence-electron chi connectivity index (χ3n) is 7.42. The second-order valence-corrected chi connectivity index (χ2v) is 11.7. The molecule has 2 aliphatic rings. The van der Waals surface area contributed by atoms with Gasteiger partial charge >= 0.3 is 0 Å². The smallest absolute Gasteiger partial charge is 0.289 e. The van der Waals surface area contributed by atoms with E-state index in [1.165, 1.54) is 16.7 Å². The molecule has 2 amide bonds. The quantitative estimate of drug-likeness (QED) is 0.594. The van der Waals surface area contributed by atoms with E-state index in [9.17, 15) is 14.4 Å². The van der Waals surface area contributed by atoms with Crippen molar-refractivity contribution in [2.75, 3.05) is 26.2 Å². The summed E-state index contributed by atoms with van der Waals surface area (Å²) in [4.78, 5) is 51.4. The van der Waals surface area contributed by atoms with Crippen LogP contribution in [0.4, 0.5) is 0 Å². The number of thiophene rings is 1. The van der Waals surface area contributed by atoms with Gasteiger partial charge in [-0.2, -0.15) is 0 Å². The highest BCUT2D eigenvalue weighted by Gasteiger charge is 2.32. The van der Waals surface area contributed by atoms with Crippen molar-refractivity contribution in [1.29, 1.82) is 0 Å². The summed E-state index contributed by atoms with van der Waals surface area (Å²) < 4.78 is 5.19. The molecule has 5 rings (SSSR count). The monoisotopic (exact) mass is 496 g/mol. The molecule has 35 heavy (non-hydrogen) atoms. The molecule has 3 aromatic rings. The Balaban J connectivity index is 1.21. The molecular weight excluding hydrogens is 464 g/mol. The molecule has 0 spiro atoms. The maximum atomic E-state index is 12.9. The number of amides is 2. The summed E-state index contributed by atoms with van der Waals surface area (Å²) in [5.41, 5.74) is 1.33. The van der Waals surface area contributed by atoms with Crippen molar-refractivity contribution in [2.45, 2.75) is 52.9 Å². The zero-order valence-electron chi connectivity index (χ0n) is 20.6. The van der Waals surface area contributed by atoms with E-state index < -0.39 is 0 Å². The first-order chi connectivity index (χ1) is 16.7. The molecule has 0 unspecified atom stereocenters. The first-order valence-corrected chi connectivity index (χ1v) is 13.2. The molecule has 1 aliphatic heterocycles. The minimum Gasteiger partial charge on any atom is -0.459 e. The predicted octanol–water partition coefficient (Wildman–Crippen LogP) is 3.65. The number of aromatic nitrogens is 2. The van der Waals surface area contributed by atoms with Crippen LogP contribution >= 0.6 is 11.3 Å². The number of nitrogens with one attached hydrogen (secondary N) is 1. The van der Waals surface area contributed by atoms with E-state index >= 15 is 0 Å². The third-order valence-corrected chi connectivity index (χ3v) is 8.57. The first-order valence-electron chi connectivity index (χ1n) is 12.3. The van der Waals surface area contributed by atoms with E-state index in [-0.39, 0.29) is 29.2 Å². The fraction of sp³-hybridized carbons (Fsp3) is 0.538. The summed E-state index contributed by atoms with van der Waals surface area (Å²) in [7, 11) is 0. The number of H-pyrrole nitrogens is 1. The number of fused-ring (bicyclic) bond motifs is 3. The number of furan rings is 1. The average molecular weight is 497 g/mol. The Bertz CT molecular complexity index is 1290. The van der Waals surface area contributed by atoms with E-state index in [0.717, 1.165) is 29.5 Å². The number of hydrogen-bond donors (Lipinski definition) is 1. The lowest BCUT2D eigenvalue weighted by Crippen LogP contribution is -2.50. The molecule has 0 radical (unpaired) electrons. The number of piperazine rings is 1. The van der Waals surface area contributed by atoms with Gasteiger partial charge in [-0.1, -0.05) is 20.8 Å². The van der Waals surface area contributed by atoms with Crippen molar-refractivity contribution in [2.24, 2.45) is 11.3 Å². The fourth-order valence-electron chi connectivity index (χ4n) is 5.18. The molecule has 4 heterocycles. The Morgan fingerprint density at radius 3 is 2.63 bits per heavy atom. The Labute approximate surface area is 208 Å². The molecule has 3 aromatic heterocycles. The van der Waals surface area contributed by atoms with Crippen molar-refractivity contribution >= 4 is 33.4 Å². The van der Waals surface area contributed by atoms with E-state index in [2.05, 4.69) is 25.8 Å². The van der Waals surface area contributed by atoms with E-state index in [1.54, 1.807) is 33.3 Å². The highest BCUT2D eigenvalue weighted by atomic mass is 32.1. The van der Waals surface area contributed by atoms with Crippen molar-refractivity contribution < 1.29 is 14.0 Å². The maximum Gasteiger partial charge on any atom is 0.289 e. The summed E-state index contributed by atoms with van der Waals surface area (Å²) in [6, 6.07) is 3.34. The molecule has 8 nitrogen and oxygen atoms in total. The van der Waals surface area contributed by atoms with Crippen LogP contribution in [0.1, 0.15) is 60.4 Å². The molecular formula is C26H32N4O4S. The van der Waals surface area contributed by atoms with Crippen LogP contribution in [0, 0.1) is 11.3 Å². The summed E-state index contributed by atoms with van der Waals surface area (Å²) in [5.74, 6) is 1.35. The number of hydrogen-bond acceptors (Lipinski definition) is 6. The average Bonchev–Trinajstić information content (AvgIpc) is 3.49. The van der Waals surface area contributed by atoms with Crippen LogP contribution in [-0.4, -0.2) is 57.8 Å². The minimum absolute atomic E-state index is 0.0105. The number of aryl methyl sites for hydroxylation is 2. The summed E-state index contributed by atoms with van der Waals surface area (Å²) in [5, 5.41) is 0.741. The van der Waals surface area contributed by atoms with Crippen LogP contribution in [0.2, 0.25) is 0 Å². The van der Waals surface area contributed by atoms with Gasteiger partial charge in [0.1, 0.15) is 10.7 Å². The van der Waals surface area contributed by atoms with E-state index in [0.29, 0.717) is 50.1 Å². The molecule has 1 saturated heterocycles. The van der Waals surface area contributed by atoms with Crippen molar-refractivity contribution in [3.05, 3.63) is 50.8 Å². The largest absolute Gasteiger partial charge is 0.459 e. The van der Waals surface area contributed by atoms with Crippen molar-refractivity contribution in [1.82, 2.24) is 19.8 Å². The van der Waals surface area contributed by atoms with Crippen LogP contribution in [0.25, 0.3) is 10.2 Å². The molecule has 0 aromatic carbocycles. The van der Waals surface area contributed by atoms with Crippen LogP contribution in [-0.2, 0) is 24.1 Å². The third kappa shape index (κ3) is 4.78. The number of carbonyl (C=O) groups is 2. The number of carbonyl (C=O) groups excluding carboxylic acids is 2. The standard InChI is InChI=1S/C26H32N4O4S/c1-26(2,3)16-6-7-17-19(15-16)35-24-22(17)23(32)27-20(28-24)8-9-21(31)29-10-12-30(13-11-29)25(33)18-5-4-14-34-18/h4-5,14,16H,6-13,15H2,1-3H3,(H,27,28,32)/t16-/m0/s1. The highest BCUT2D eigenvalue weighted by Crippen LogP contribution is 2.42. The van der Waals surface area contributed by atoms with Gasteiger partial charge in [0, 0.05) is 43.9 Å². The molecule has 1 atom stereocenters. The van der Waals surface area contributed by atoms with Crippen LogP contribution in [0.15, 0.2) is 27.6 Å². The van der Waals surface area contributed by atoms with Crippen molar-refractivity contribution in [3.8, 4) is 0 Å². The molecule has 1 N–H and O–H groups in total. The van der Waals surface area contributed by atoms with Gasteiger partial charge in [0.25, 0.3) is 11.5 Å². The topological polar surface area (TPSA) is 99.5 Å². The van der Waals surface area contributed by atoms with Gasteiger partial charge in [-0.25, -0.2) is 4.98 Å². The molecule has 0 bridgehead atoms. The Hall–Kier alpha value is -2.94. The lowest BCUT2D eigenvalue weighted by atomic mass is 9.72. The van der Waals surface area contributed by atoms with Crippen LogP contribution in [0.3, 0.4) is 0 Å². The van der Waals surface area contributed by atoms with Crippen LogP contribution in [0.5, 0.6) is 0 Å². The second kappa shape index (κ2) is 9.26. The van der Waals surface area contributed by atoms with Gasteiger partial charge in [0.2, 0.25) is 5.91 Å². The van der Waals surface area contributed by atoms with Gasteiger partial charge in [-0.15, -0.1) is 11.3 Å². The highest BCUT2D eigenvalue weighted by molar-refractivity contribution is 7.18. The fourth-order valence-corrected chi connectivity index (χ4v) is 6.50. The predicted molar refractivity (Wildman–Crippen MR) is 135 cm³/mol. The Morgan fingerprint density at radius 2 is 1.94 bits per heavy atom. The van der Waals surface area contributed by atoms with Gasteiger partial charge in [-0.05, 0) is 48.3 Å². The molecule has 186 valence electrons. The van der Waals surface area contributed by atoms with Gasteiger partial charge in [-0.3, -0.25) is 14.4 Å². The van der Waals surface area contributed by atoms with Gasteiger partial charge in [0.05, 0.1) is 11.6 Å². The number of nitrogens with zero attached hydrogens (tertiary/aromatic N) is 3. The summed E-state index contributed by atoms with van der Waals surface area (Å²) in [6.07, 6.45) is 5.17. The summed E-state index contributed by atoms with van der Waals surface area (Å²) >= 11 is 1.64. The van der Waals surface area contributed by atoms with Crippen LogP contribution < -0.4 is 5.56 Å². The Kier molecular flexibility index (Phi) is 6.29. The first kappa shape index (κ1) is 23.8. The van der Waals surface area contributed by atoms with E-state index in [1.807, 2.05) is 0 Å². The number of rotatable bonds is 4. The van der Waals surface area contributed by atoms with Gasteiger partial charge in [0.15, 0.2) is 5.76 Å². The second-order valence-electron chi connectivity index (χ2n) is 10.7. The SMILES string of the molecule is CC(C)(C)[C@H]1CCc2c(sc3nc(CCC(=O)N4CCN(C(=O)c5ccco5)CC4)[nH]c(=O)c23)C1. The molecule has 0 saturated carbocycles. The number of aromatic amines is 1. The lowest BCUT2D eigenvalue weighted by molar-refractivity contribution is -0.132. The summed E-state index contributed by atoms with van der Waals surface area (Å²) in [6.45, 7) is 8.78. The zero-order chi connectivity index (χ0) is 24.7. The van der Waals surface area contributed by atoms with Gasteiger partial charge < -0.3 is 19.2 Å². The lowest BCUT2D eigenvalue weighted by Gasteiger charge is -2.34. The molecule has 9 heteroatoms. The Morgan fingerprint density at radius 1 is 1.20 bits per heavy atom. The maximum absolute atomic E-state index is 12.9. The molecule has 1 aliphatic carbocycles. The minimum atomic E-state index is -0.148. The van der Waals surface area contributed by atoms with Crippen molar-refractivity contribution in [3.63, 3.8) is 0 Å². The van der Waals surface area contributed by atoms with E-state index in [4.69, 9.17) is 9.40 Å².